The summed E-state index contributed by atoms with van der Waals surface area (Å²) in [5, 5.41) is 14.5. The first-order chi connectivity index (χ1) is 22.5. The molecule has 236 valence electrons. The third-order valence-corrected chi connectivity index (χ3v) is 8.55. The Bertz CT molecular complexity index is 1780. The fourth-order valence-electron chi connectivity index (χ4n) is 4.49. The maximum absolute atomic E-state index is 12.8. The average Bonchev–Trinajstić information content (AvgIpc) is 3.54. The van der Waals surface area contributed by atoms with Crippen molar-refractivity contribution in [2.24, 2.45) is 5.10 Å². The van der Waals surface area contributed by atoms with Crippen LogP contribution in [0.25, 0.3) is 17.1 Å². The maximum Gasteiger partial charge on any atom is 0.250 e. The summed E-state index contributed by atoms with van der Waals surface area (Å²) < 4.78 is 24.0. The molecule has 0 atom stereocenters. The molecular weight excluding hydrogens is 625 g/mol. The van der Waals surface area contributed by atoms with Gasteiger partial charge in [-0.25, -0.2) is 10.4 Å². The Hall–Kier alpha value is -5.01. The first-order valence-electron chi connectivity index (χ1n) is 14.0. The molecule has 5 aromatic rings. The fourth-order valence-corrected chi connectivity index (χ4v) is 6.07. The van der Waals surface area contributed by atoms with E-state index >= 15 is 0 Å². The van der Waals surface area contributed by atoms with Crippen LogP contribution < -0.4 is 24.4 Å². The zero-order valence-corrected chi connectivity index (χ0v) is 27.3. The molecule has 5 rings (SSSR count). The lowest BCUT2D eigenvalue weighted by Crippen LogP contribution is -2.20. The summed E-state index contributed by atoms with van der Waals surface area (Å²) in [6.45, 7) is 0. The number of methoxy groups -OCH3 is 4. The first-order valence-corrected chi connectivity index (χ1v) is 16.0. The van der Waals surface area contributed by atoms with Gasteiger partial charge in [-0.1, -0.05) is 36.0 Å². The minimum Gasteiger partial charge on any atom is -0.496 e. The van der Waals surface area contributed by atoms with Crippen molar-refractivity contribution in [2.45, 2.75) is 15.9 Å². The SMILES string of the molecule is COc1ccc(/C=N\NC(=O)CSc2nnc(-c3cc(OC)c(OC)c(OC)c3)n2-c2ccccc2)cc1CSc1ccccn1. The van der Waals surface area contributed by atoms with Gasteiger partial charge in [-0.05, 0) is 60.2 Å². The van der Waals surface area contributed by atoms with E-state index in [0.29, 0.717) is 39.5 Å². The van der Waals surface area contributed by atoms with Crippen molar-refractivity contribution in [3.63, 3.8) is 0 Å². The van der Waals surface area contributed by atoms with Crippen molar-refractivity contribution in [3.8, 4) is 40.1 Å². The molecule has 46 heavy (non-hydrogen) atoms. The molecule has 0 saturated heterocycles. The van der Waals surface area contributed by atoms with E-state index in [-0.39, 0.29) is 11.7 Å². The number of hydrazone groups is 1. The van der Waals surface area contributed by atoms with Crippen LogP contribution in [0.5, 0.6) is 23.0 Å². The Morgan fingerprint density at radius 2 is 1.59 bits per heavy atom. The first kappa shape index (κ1) is 32.4. The van der Waals surface area contributed by atoms with Crippen LogP contribution in [0.4, 0.5) is 0 Å². The van der Waals surface area contributed by atoms with E-state index in [0.717, 1.165) is 27.6 Å². The molecule has 0 aliphatic rings. The number of ether oxygens (including phenoxy) is 4. The molecule has 0 bridgehead atoms. The van der Waals surface area contributed by atoms with Crippen molar-refractivity contribution < 1.29 is 23.7 Å². The van der Waals surface area contributed by atoms with Crippen LogP contribution in [-0.2, 0) is 10.5 Å². The summed E-state index contributed by atoms with van der Waals surface area (Å²) in [5.74, 6) is 3.20. The third kappa shape index (κ3) is 7.79. The van der Waals surface area contributed by atoms with Crippen LogP contribution in [0.2, 0.25) is 0 Å². The molecule has 0 spiro atoms. The Labute approximate surface area is 275 Å². The average molecular weight is 657 g/mol. The number of hydrogen-bond donors (Lipinski definition) is 1. The van der Waals surface area contributed by atoms with Gasteiger partial charge in [-0.15, -0.1) is 22.0 Å². The largest absolute Gasteiger partial charge is 0.496 e. The topological polar surface area (TPSA) is 122 Å². The van der Waals surface area contributed by atoms with Crippen LogP contribution in [0.3, 0.4) is 0 Å². The molecule has 2 heterocycles. The summed E-state index contributed by atoms with van der Waals surface area (Å²) in [5.41, 5.74) is 5.95. The molecule has 3 aromatic carbocycles. The summed E-state index contributed by atoms with van der Waals surface area (Å²) in [6, 6.07) is 24.8. The number of thioether (sulfide) groups is 2. The molecule has 0 aliphatic carbocycles. The van der Waals surface area contributed by atoms with Gasteiger partial charge in [-0.2, -0.15) is 5.10 Å². The van der Waals surface area contributed by atoms with Gasteiger partial charge < -0.3 is 18.9 Å². The Balaban J connectivity index is 1.29. The molecule has 0 unspecified atom stereocenters. The van der Waals surface area contributed by atoms with Gasteiger partial charge in [0, 0.05) is 28.8 Å². The standard InChI is InChI=1S/C33H32N6O5S2/c1-41-26-14-13-22(16-24(26)20-45-30-12-8-9-15-34-30)19-35-36-29(40)21-46-33-38-37-32(39(33)25-10-6-5-7-11-25)23-17-27(42-2)31(44-4)28(18-23)43-3/h5-19H,20-21H2,1-4H3,(H,36,40)/b35-19-. The van der Waals surface area contributed by atoms with Gasteiger partial charge in [0.1, 0.15) is 5.75 Å². The Morgan fingerprint density at radius 3 is 2.26 bits per heavy atom. The van der Waals surface area contributed by atoms with Crippen LogP contribution in [0, 0.1) is 0 Å². The lowest BCUT2D eigenvalue weighted by atomic mass is 10.1. The van der Waals surface area contributed by atoms with Crippen LogP contribution in [-0.4, -0.2) is 66.1 Å². The second kappa shape index (κ2) is 15.8. The highest BCUT2D eigenvalue weighted by Gasteiger charge is 2.21. The van der Waals surface area contributed by atoms with Crippen molar-refractivity contribution in [3.05, 3.63) is 96.2 Å². The second-order valence-electron chi connectivity index (χ2n) is 9.50. The smallest absolute Gasteiger partial charge is 0.250 e. The quantitative estimate of drug-likeness (QED) is 0.0879. The molecule has 0 aliphatic heterocycles. The summed E-state index contributed by atoms with van der Waals surface area (Å²) in [6.07, 6.45) is 3.37. The van der Waals surface area contributed by atoms with Gasteiger partial charge in [0.25, 0.3) is 5.91 Å². The highest BCUT2D eigenvalue weighted by molar-refractivity contribution is 7.99. The van der Waals surface area contributed by atoms with E-state index in [4.69, 9.17) is 18.9 Å². The molecule has 1 N–H and O–H groups in total. The van der Waals surface area contributed by atoms with Gasteiger partial charge in [0.2, 0.25) is 5.75 Å². The van der Waals surface area contributed by atoms with Gasteiger partial charge in [0.05, 0.1) is 45.4 Å². The minimum absolute atomic E-state index is 0.0616. The molecule has 1 amide bonds. The number of para-hydroxylation sites is 1. The van der Waals surface area contributed by atoms with Crippen molar-refractivity contribution in [2.75, 3.05) is 34.2 Å². The number of amides is 1. The summed E-state index contributed by atoms with van der Waals surface area (Å²) in [7, 11) is 6.31. The number of nitrogens with zero attached hydrogens (tertiary/aromatic N) is 5. The number of carbonyl (C=O) groups is 1. The van der Waals surface area contributed by atoms with E-state index in [1.54, 1.807) is 52.6 Å². The molecule has 2 aromatic heterocycles. The summed E-state index contributed by atoms with van der Waals surface area (Å²) >= 11 is 2.85. The zero-order chi connectivity index (χ0) is 32.3. The third-order valence-electron chi connectivity index (χ3n) is 6.62. The van der Waals surface area contributed by atoms with Crippen molar-refractivity contribution in [1.82, 2.24) is 25.2 Å². The molecular formula is C33H32N6O5S2. The van der Waals surface area contributed by atoms with Crippen molar-refractivity contribution in [1.29, 1.82) is 0 Å². The lowest BCUT2D eigenvalue weighted by Gasteiger charge is -2.15. The number of nitrogens with one attached hydrogen (secondary N) is 1. The molecule has 0 saturated carbocycles. The van der Waals surface area contributed by atoms with E-state index < -0.39 is 0 Å². The number of benzene rings is 3. The van der Waals surface area contributed by atoms with E-state index in [9.17, 15) is 4.79 Å². The van der Waals surface area contributed by atoms with Gasteiger partial charge in [0.15, 0.2) is 22.5 Å². The normalized spacial score (nSPS) is 11.0. The number of rotatable bonds is 14. The van der Waals surface area contributed by atoms with E-state index in [1.807, 2.05) is 83.4 Å². The second-order valence-corrected chi connectivity index (χ2v) is 11.4. The number of aromatic nitrogens is 4. The lowest BCUT2D eigenvalue weighted by molar-refractivity contribution is -0.118. The van der Waals surface area contributed by atoms with E-state index in [1.165, 1.54) is 11.8 Å². The molecule has 13 heteroatoms. The monoisotopic (exact) mass is 656 g/mol. The van der Waals surface area contributed by atoms with Gasteiger partial charge in [-0.3, -0.25) is 9.36 Å². The Morgan fingerprint density at radius 1 is 0.848 bits per heavy atom. The molecule has 0 radical (unpaired) electrons. The van der Waals surface area contributed by atoms with Crippen LogP contribution in [0.15, 0.2) is 100 Å². The van der Waals surface area contributed by atoms with Crippen molar-refractivity contribution >= 4 is 35.6 Å². The number of pyridine rings is 1. The van der Waals surface area contributed by atoms with Crippen LogP contribution >= 0.6 is 23.5 Å². The minimum atomic E-state index is -0.294. The Kier molecular flexibility index (Phi) is 11.1. The predicted octanol–water partition coefficient (Wildman–Crippen LogP) is 5.90. The highest BCUT2D eigenvalue weighted by atomic mass is 32.2. The number of hydrogen-bond acceptors (Lipinski definition) is 11. The molecule has 11 nitrogen and oxygen atoms in total. The summed E-state index contributed by atoms with van der Waals surface area (Å²) in [4.78, 5) is 17.2. The highest BCUT2D eigenvalue weighted by Crippen LogP contribution is 2.41. The maximum atomic E-state index is 12.8. The predicted molar refractivity (Wildman–Crippen MR) is 180 cm³/mol. The number of carbonyl (C=O) groups excluding carboxylic acids is 1. The van der Waals surface area contributed by atoms with E-state index in [2.05, 4.69) is 25.7 Å². The zero-order valence-electron chi connectivity index (χ0n) is 25.7. The van der Waals surface area contributed by atoms with Crippen LogP contribution in [0.1, 0.15) is 11.1 Å². The fraction of sp³-hybridized carbons (Fsp3) is 0.182. The van der Waals surface area contributed by atoms with Gasteiger partial charge >= 0.3 is 0 Å². The molecule has 0 fully saturated rings.